The topological polar surface area (TPSA) is 35.9 Å². The molecule has 0 saturated carbocycles. The van der Waals surface area contributed by atoms with Crippen LogP contribution in [0.5, 0.6) is 0 Å². The van der Waals surface area contributed by atoms with Crippen LogP contribution in [0.3, 0.4) is 0 Å². The Hall–Kier alpha value is -1.75. The van der Waals surface area contributed by atoms with Crippen LogP contribution in [0.25, 0.3) is 0 Å². The highest BCUT2D eigenvalue weighted by molar-refractivity contribution is 6.12. The third-order valence-corrected chi connectivity index (χ3v) is 3.06. The van der Waals surface area contributed by atoms with Crippen LogP contribution >= 0.6 is 0 Å². The van der Waals surface area contributed by atoms with E-state index in [0.717, 1.165) is 36.2 Å². The van der Waals surface area contributed by atoms with Crippen LogP contribution < -0.4 is 5.32 Å². The Morgan fingerprint density at radius 2 is 2.29 bits per heavy atom. The highest BCUT2D eigenvalue weighted by atomic mass is 14.9. The van der Waals surface area contributed by atoms with Gasteiger partial charge in [-0.2, -0.15) is 0 Å². The molecule has 88 valence electrons. The van der Waals surface area contributed by atoms with Crippen molar-refractivity contribution in [1.29, 1.82) is 5.41 Å². The molecule has 0 fully saturated rings. The van der Waals surface area contributed by atoms with Crippen molar-refractivity contribution in [1.82, 2.24) is 5.32 Å². The zero-order chi connectivity index (χ0) is 12.3. The van der Waals surface area contributed by atoms with E-state index in [0.29, 0.717) is 11.6 Å². The summed E-state index contributed by atoms with van der Waals surface area (Å²) in [6, 6.07) is 0. The molecule has 1 unspecified atom stereocenters. The van der Waals surface area contributed by atoms with Gasteiger partial charge in [0.1, 0.15) is 0 Å². The third kappa shape index (κ3) is 2.68. The molecule has 0 saturated heterocycles. The first-order valence-corrected chi connectivity index (χ1v) is 6.11. The van der Waals surface area contributed by atoms with Gasteiger partial charge in [0.15, 0.2) is 0 Å². The normalized spacial score (nSPS) is 25.3. The molecule has 1 atom stereocenters. The zero-order valence-corrected chi connectivity index (χ0v) is 10.4. The maximum Gasteiger partial charge on any atom is 0.0905 e. The van der Waals surface area contributed by atoms with Gasteiger partial charge in [-0.15, -0.1) is 0 Å². The van der Waals surface area contributed by atoms with E-state index in [-0.39, 0.29) is 0 Å². The number of nitrogens with one attached hydrogen (secondary N) is 2. The fourth-order valence-electron chi connectivity index (χ4n) is 1.91. The Labute approximate surface area is 103 Å². The third-order valence-electron chi connectivity index (χ3n) is 3.06. The molecule has 0 aromatic rings. The number of hydrogen-bond donors (Lipinski definition) is 2. The Balaban J connectivity index is 2.22. The van der Waals surface area contributed by atoms with Gasteiger partial charge in [0.25, 0.3) is 0 Å². The summed E-state index contributed by atoms with van der Waals surface area (Å²) in [5.41, 5.74) is 3.46. The second-order valence-corrected chi connectivity index (χ2v) is 4.57. The lowest BCUT2D eigenvalue weighted by Gasteiger charge is -2.17. The van der Waals surface area contributed by atoms with E-state index >= 15 is 0 Å². The molecule has 1 aliphatic heterocycles. The van der Waals surface area contributed by atoms with Crippen molar-refractivity contribution < 1.29 is 0 Å². The van der Waals surface area contributed by atoms with Gasteiger partial charge in [0.05, 0.1) is 11.4 Å². The van der Waals surface area contributed by atoms with Crippen molar-refractivity contribution in [2.75, 3.05) is 6.54 Å². The van der Waals surface area contributed by atoms with Crippen molar-refractivity contribution in [3.8, 4) is 11.8 Å². The van der Waals surface area contributed by atoms with E-state index in [1.807, 2.05) is 13.0 Å². The predicted octanol–water partition coefficient (Wildman–Crippen LogP) is 2.80. The monoisotopic (exact) mass is 226 g/mol. The van der Waals surface area contributed by atoms with Crippen molar-refractivity contribution in [3.05, 3.63) is 35.1 Å². The molecule has 2 heteroatoms. The first kappa shape index (κ1) is 11.7. The molecule has 2 N–H and O–H groups in total. The summed E-state index contributed by atoms with van der Waals surface area (Å²) >= 11 is 0. The fraction of sp³-hybridized carbons (Fsp3) is 0.400. The maximum atomic E-state index is 8.19. The van der Waals surface area contributed by atoms with Crippen molar-refractivity contribution >= 4 is 5.71 Å². The van der Waals surface area contributed by atoms with E-state index in [1.165, 1.54) is 0 Å². The van der Waals surface area contributed by atoms with E-state index < -0.39 is 0 Å². The van der Waals surface area contributed by atoms with Gasteiger partial charge in [0.2, 0.25) is 0 Å². The van der Waals surface area contributed by atoms with Gasteiger partial charge >= 0.3 is 0 Å². The summed E-state index contributed by atoms with van der Waals surface area (Å²) in [6.07, 6.45) is 8.42. The second kappa shape index (κ2) is 5.05. The molecular formula is C15H18N2. The van der Waals surface area contributed by atoms with Crippen LogP contribution in [-0.4, -0.2) is 12.3 Å². The molecule has 1 heterocycles. The number of allylic oxidation sites excluding steroid dienone is 6. The SMILES string of the molecule is C/C(C(=N)C1=CCCC=C1)=C1\C#CC(C)CN1. The summed E-state index contributed by atoms with van der Waals surface area (Å²) < 4.78 is 0. The van der Waals surface area contributed by atoms with Crippen LogP contribution in [-0.2, 0) is 0 Å². The maximum absolute atomic E-state index is 8.19. The van der Waals surface area contributed by atoms with Gasteiger partial charge < -0.3 is 5.32 Å². The Bertz CT molecular complexity index is 481. The Morgan fingerprint density at radius 1 is 1.47 bits per heavy atom. The van der Waals surface area contributed by atoms with Gasteiger partial charge in [-0.1, -0.05) is 24.1 Å². The predicted molar refractivity (Wildman–Crippen MR) is 71.8 cm³/mol. The van der Waals surface area contributed by atoms with E-state index in [9.17, 15) is 0 Å². The molecule has 0 aromatic carbocycles. The summed E-state index contributed by atoms with van der Waals surface area (Å²) in [5.74, 6) is 6.68. The van der Waals surface area contributed by atoms with Crippen molar-refractivity contribution in [3.63, 3.8) is 0 Å². The second-order valence-electron chi connectivity index (χ2n) is 4.57. The molecule has 17 heavy (non-hydrogen) atoms. The minimum atomic E-state index is 0.398. The lowest BCUT2D eigenvalue weighted by Crippen LogP contribution is -2.25. The summed E-state index contributed by atoms with van der Waals surface area (Å²) in [6.45, 7) is 4.95. The standard InChI is InChI=1S/C15H18N2/c1-11-8-9-14(17-10-11)12(2)15(16)13-6-4-3-5-7-13/h4,6-7,11,16-17H,3,5,10H2,1-2H3/b14-12-,16-15?. The Morgan fingerprint density at radius 3 is 2.88 bits per heavy atom. The van der Waals surface area contributed by atoms with Crippen LogP contribution in [0, 0.1) is 23.2 Å². The van der Waals surface area contributed by atoms with Crippen LogP contribution in [0.2, 0.25) is 0 Å². The van der Waals surface area contributed by atoms with Crippen LogP contribution in [0.1, 0.15) is 26.7 Å². The molecule has 0 aromatic heterocycles. The molecule has 2 nitrogen and oxygen atoms in total. The summed E-state index contributed by atoms with van der Waals surface area (Å²) in [5, 5.41) is 11.5. The average molecular weight is 226 g/mol. The first-order chi connectivity index (χ1) is 8.18. The number of rotatable bonds is 2. The first-order valence-electron chi connectivity index (χ1n) is 6.11. The van der Waals surface area contributed by atoms with Gasteiger partial charge in [0, 0.05) is 18.0 Å². The van der Waals surface area contributed by atoms with E-state index in [1.54, 1.807) is 0 Å². The van der Waals surface area contributed by atoms with Gasteiger partial charge in [-0.3, -0.25) is 5.41 Å². The number of hydrogen-bond acceptors (Lipinski definition) is 2. The van der Waals surface area contributed by atoms with Gasteiger partial charge in [-0.05, 0) is 38.2 Å². The lowest BCUT2D eigenvalue weighted by atomic mass is 9.96. The van der Waals surface area contributed by atoms with Gasteiger partial charge in [-0.25, -0.2) is 0 Å². The summed E-state index contributed by atoms with van der Waals surface area (Å²) in [7, 11) is 0. The quantitative estimate of drug-likeness (QED) is 0.551. The van der Waals surface area contributed by atoms with Crippen LogP contribution in [0.15, 0.2) is 35.1 Å². The molecule has 0 bridgehead atoms. The highest BCUT2D eigenvalue weighted by Crippen LogP contribution is 2.17. The Kier molecular flexibility index (Phi) is 3.49. The highest BCUT2D eigenvalue weighted by Gasteiger charge is 2.13. The van der Waals surface area contributed by atoms with E-state index in [4.69, 9.17) is 5.41 Å². The minimum absolute atomic E-state index is 0.398. The largest absolute Gasteiger partial charge is 0.377 e. The zero-order valence-electron chi connectivity index (χ0n) is 10.4. The molecule has 0 spiro atoms. The molecule has 0 radical (unpaired) electrons. The van der Waals surface area contributed by atoms with E-state index in [2.05, 4.69) is 36.2 Å². The van der Waals surface area contributed by atoms with Crippen LogP contribution in [0.4, 0.5) is 0 Å². The van der Waals surface area contributed by atoms with Crippen molar-refractivity contribution in [2.45, 2.75) is 26.7 Å². The molecule has 2 rings (SSSR count). The minimum Gasteiger partial charge on any atom is -0.377 e. The molecule has 2 aliphatic rings. The fourth-order valence-corrected chi connectivity index (χ4v) is 1.91. The van der Waals surface area contributed by atoms with Crippen molar-refractivity contribution in [2.24, 2.45) is 5.92 Å². The average Bonchev–Trinajstić information content (AvgIpc) is 2.39. The molecule has 0 amide bonds. The summed E-state index contributed by atoms with van der Waals surface area (Å²) in [4.78, 5) is 0. The molecular weight excluding hydrogens is 208 g/mol. The smallest absolute Gasteiger partial charge is 0.0905 e. The lowest BCUT2D eigenvalue weighted by molar-refractivity contribution is 0.664. The molecule has 1 aliphatic carbocycles.